The zero-order valence-electron chi connectivity index (χ0n) is 8.51. The maximum Gasteiger partial charge on any atom is 0.0703 e. The van der Waals surface area contributed by atoms with Crippen LogP contribution in [0.5, 0.6) is 0 Å². The van der Waals surface area contributed by atoms with E-state index in [-0.39, 0.29) is 0 Å². The predicted molar refractivity (Wildman–Crippen MR) is 56.0 cm³/mol. The summed E-state index contributed by atoms with van der Waals surface area (Å²) >= 11 is 0. The van der Waals surface area contributed by atoms with Crippen LogP contribution in [0.15, 0.2) is 16.8 Å². The predicted octanol–water partition coefficient (Wildman–Crippen LogP) is 2.27. The number of fused-ring (bicyclic) bond motifs is 1. The first kappa shape index (κ1) is 8.79. The van der Waals surface area contributed by atoms with Crippen LogP contribution in [0.3, 0.4) is 0 Å². The monoisotopic (exact) mass is 178 g/mol. The van der Waals surface area contributed by atoms with Crippen LogP contribution < -0.4 is 5.32 Å². The highest BCUT2D eigenvalue weighted by Gasteiger charge is 2.25. The molecule has 0 spiro atoms. The van der Waals surface area contributed by atoms with Crippen LogP contribution in [-0.2, 0) is 0 Å². The third-order valence-electron chi connectivity index (χ3n) is 2.94. The molecule has 1 saturated carbocycles. The minimum atomic E-state index is 0.530. The van der Waals surface area contributed by atoms with Crippen molar-refractivity contribution in [1.82, 2.24) is 5.32 Å². The van der Waals surface area contributed by atoms with Gasteiger partial charge in [-0.2, -0.15) is 0 Å². The molecule has 1 aliphatic heterocycles. The quantitative estimate of drug-likeness (QED) is 0.604. The van der Waals surface area contributed by atoms with Gasteiger partial charge in [-0.05, 0) is 32.8 Å². The summed E-state index contributed by atoms with van der Waals surface area (Å²) < 4.78 is 0. The van der Waals surface area contributed by atoms with E-state index in [1.165, 1.54) is 37.1 Å². The smallest absolute Gasteiger partial charge is 0.0703 e. The third-order valence-corrected chi connectivity index (χ3v) is 2.94. The molecular formula is C11H18N2. The van der Waals surface area contributed by atoms with E-state index in [9.17, 15) is 0 Å². The van der Waals surface area contributed by atoms with E-state index in [4.69, 9.17) is 4.99 Å². The van der Waals surface area contributed by atoms with Gasteiger partial charge in [0.05, 0.1) is 6.04 Å². The lowest BCUT2D eigenvalue weighted by Crippen LogP contribution is -2.39. The zero-order chi connectivity index (χ0) is 9.26. The van der Waals surface area contributed by atoms with Gasteiger partial charge in [0.1, 0.15) is 0 Å². The van der Waals surface area contributed by atoms with Gasteiger partial charge in [0.25, 0.3) is 0 Å². The van der Waals surface area contributed by atoms with Gasteiger partial charge in [0, 0.05) is 17.5 Å². The van der Waals surface area contributed by atoms with Crippen molar-refractivity contribution in [3.8, 4) is 0 Å². The average molecular weight is 178 g/mol. The topological polar surface area (TPSA) is 24.4 Å². The molecule has 0 aromatic rings. The molecule has 2 nitrogen and oxygen atoms in total. The average Bonchev–Trinajstić information content (AvgIpc) is 2.20. The molecule has 0 amide bonds. The Labute approximate surface area is 80.1 Å². The number of hydrogen-bond acceptors (Lipinski definition) is 2. The Morgan fingerprint density at radius 1 is 1.31 bits per heavy atom. The number of hydrogen-bond donors (Lipinski definition) is 1. The standard InChI is InChI=1S/C11H18N2/c1-8-7-9(2)13-11-6-4-3-5-10(11)12-8/h7,10-12H,3-6H2,1-2H3. The summed E-state index contributed by atoms with van der Waals surface area (Å²) in [4.78, 5) is 4.73. The Bertz CT molecular complexity index is 253. The molecule has 2 unspecified atom stereocenters. The van der Waals surface area contributed by atoms with Crippen molar-refractivity contribution in [2.45, 2.75) is 51.6 Å². The summed E-state index contributed by atoms with van der Waals surface area (Å²) in [5.74, 6) is 0. The van der Waals surface area contributed by atoms with E-state index in [0.717, 1.165) is 0 Å². The maximum absolute atomic E-state index is 4.73. The van der Waals surface area contributed by atoms with E-state index in [2.05, 4.69) is 25.2 Å². The molecule has 2 aliphatic rings. The van der Waals surface area contributed by atoms with E-state index in [0.29, 0.717) is 12.1 Å². The molecule has 2 heteroatoms. The summed E-state index contributed by atoms with van der Waals surface area (Å²) in [7, 11) is 0. The van der Waals surface area contributed by atoms with Gasteiger partial charge in [0.15, 0.2) is 0 Å². The molecule has 0 saturated heterocycles. The van der Waals surface area contributed by atoms with Crippen molar-refractivity contribution >= 4 is 5.71 Å². The molecule has 2 rings (SSSR count). The Morgan fingerprint density at radius 3 is 2.92 bits per heavy atom. The number of rotatable bonds is 0. The van der Waals surface area contributed by atoms with Crippen molar-refractivity contribution in [2.24, 2.45) is 4.99 Å². The number of nitrogens with zero attached hydrogens (tertiary/aromatic N) is 1. The molecule has 0 radical (unpaired) electrons. The molecule has 0 bridgehead atoms. The largest absolute Gasteiger partial charge is 0.384 e. The Kier molecular flexibility index (Phi) is 2.38. The van der Waals surface area contributed by atoms with Crippen LogP contribution in [0.1, 0.15) is 39.5 Å². The summed E-state index contributed by atoms with van der Waals surface area (Å²) in [6.07, 6.45) is 7.40. The van der Waals surface area contributed by atoms with E-state index in [1.54, 1.807) is 0 Å². The van der Waals surface area contributed by atoms with Crippen molar-refractivity contribution in [1.29, 1.82) is 0 Å². The first-order chi connectivity index (χ1) is 6.25. The van der Waals surface area contributed by atoms with Gasteiger partial charge in [-0.3, -0.25) is 4.99 Å². The highest BCUT2D eigenvalue weighted by Crippen LogP contribution is 2.23. The fourth-order valence-electron chi connectivity index (χ4n) is 2.38. The minimum absolute atomic E-state index is 0.530. The van der Waals surface area contributed by atoms with Gasteiger partial charge in [-0.1, -0.05) is 12.8 Å². The van der Waals surface area contributed by atoms with Crippen LogP contribution in [0.25, 0.3) is 0 Å². The lowest BCUT2D eigenvalue weighted by atomic mass is 9.91. The van der Waals surface area contributed by atoms with Crippen LogP contribution in [0, 0.1) is 0 Å². The maximum atomic E-state index is 4.73. The lowest BCUT2D eigenvalue weighted by molar-refractivity contribution is 0.350. The Morgan fingerprint density at radius 2 is 2.08 bits per heavy atom. The second-order valence-electron chi connectivity index (χ2n) is 4.20. The van der Waals surface area contributed by atoms with Crippen LogP contribution in [0.4, 0.5) is 0 Å². The molecule has 1 N–H and O–H groups in total. The Balaban J connectivity index is 2.18. The Hall–Kier alpha value is -0.790. The SMILES string of the molecule is CC1=CC(C)=NC2CCCCC2N1. The molecule has 1 heterocycles. The normalized spacial score (nSPS) is 33.7. The van der Waals surface area contributed by atoms with Gasteiger partial charge >= 0.3 is 0 Å². The summed E-state index contributed by atoms with van der Waals surface area (Å²) in [5.41, 5.74) is 2.45. The number of aliphatic imine (C=N–C) groups is 1. The van der Waals surface area contributed by atoms with Gasteiger partial charge in [-0.25, -0.2) is 0 Å². The van der Waals surface area contributed by atoms with E-state index >= 15 is 0 Å². The molecule has 0 aromatic carbocycles. The number of nitrogens with one attached hydrogen (secondary N) is 1. The summed E-state index contributed by atoms with van der Waals surface area (Å²) in [5, 5.41) is 3.56. The van der Waals surface area contributed by atoms with E-state index < -0.39 is 0 Å². The van der Waals surface area contributed by atoms with Crippen molar-refractivity contribution in [3.05, 3.63) is 11.8 Å². The van der Waals surface area contributed by atoms with Gasteiger partial charge in [0.2, 0.25) is 0 Å². The molecule has 0 aromatic heterocycles. The van der Waals surface area contributed by atoms with Crippen molar-refractivity contribution < 1.29 is 0 Å². The minimum Gasteiger partial charge on any atom is -0.384 e. The fourth-order valence-corrected chi connectivity index (χ4v) is 2.38. The van der Waals surface area contributed by atoms with Crippen molar-refractivity contribution in [3.63, 3.8) is 0 Å². The second-order valence-corrected chi connectivity index (χ2v) is 4.20. The van der Waals surface area contributed by atoms with E-state index in [1.807, 2.05) is 0 Å². The fraction of sp³-hybridized carbons (Fsp3) is 0.727. The summed E-state index contributed by atoms with van der Waals surface area (Å²) in [6, 6.07) is 1.13. The zero-order valence-corrected chi connectivity index (χ0v) is 8.51. The molecule has 1 aliphatic carbocycles. The van der Waals surface area contributed by atoms with Crippen LogP contribution in [-0.4, -0.2) is 17.8 Å². The van der Waals surface area contributed by atoms with Gasteiger partial charge < -0.3 is 5.32 Å². The van der Waals surface area contributed by atoms with Crippen LogP contribution in [0.2, 0.25) is 0 Å². The molecule has 2 atom stereocenters. The highest BCUT2D eigenvalue weighted by atomic mass is 15.0. The lowest BCUT2D eigenvalue weighted by Gasteiger charge is -2.29. The van der Waals surface area contributed by atoms with Crippen LogP contribution >= 0.6 is 0 Å². The second kappa shape index (κ2) is 3.52. The first-order valence-electron chi connectivity index (χ1n) is 5.25. The first-order valence-corrected chi connectivity index (χ1v) is 5.25. The van der Waals surface area contributed by atoms with Gasteiger partial charge in [-0.15, -0.1) is 0 Å². The summed E-state index contributed by atoms with van der Waals surface area (Å²) in [6.45, 7) is 4.23. The molecular weight excluding hydrogens is 160 g/mol. The third kappa shape index (κ3) is 1.93. The molecule has 1 fully saturated rings. The molecule has 13 heavy (non-hydrogen) atoms. The molecule has 72 valence electrons. The highest BCUT2D eigenvalue weighted by molar-refractivity contribution is 5.93. The number of allylic oxidation sites excluding steroid dienone is 2. The van der Waals surface area contributed by atoms with Crippen molar-refractivity contribution in [2.75, 3.05) is 0 Å².